The van der Waals surface area contributed by atoms with E-state index in [0.29, 0.717) is 37.5 Å². The molecule has 164 valence electrons. The number of thioether (sulfide) groups is 1. The molecule has 0 radical (unpaired) electrons. The molecule has 2 aromatic rings. The van der Waals surface area contributed by atoms with E-state index in [2.05, 4.69) is 21.4 Å². The van der Waals surface area contributed by atoms with Crippen LogP contribution in [0.4, 0.5) is 5.69 Å². The average Bonchev–Trinajstić information content (AvgIpc) is 2.76. The number of anilines is 1. The minimum absolute atomic E-state index is 0.0427. The van der Waals surface area contributed by atoms with Crippen LogP contribution in [0, 0.1) is 11.3 Å². The van der Waals surface area contributed by atoms with E-state index in [1.807, 2.05) is 0 Å². The number of carbonyl (C=O) groups is 3. The number of esters is 1. The van der Waals surface area contributed by atoms with Crippen molar-refractivity contribution in [1.82, 2.24) is 5.32 Å². The summed E-state index contributed by atoms with van der Waals surface area (Å²) in [6.45, 7) is 0. The van der Waals surface area contributed by atoms with Gasteiger partial charge in [-0.2, -0.15) is 5.26 Å². The van der Waals surface area contributed by atoms with Crippen LogP contribution < -0.4 is 10.6 Å². The number of nitriles is 1. The molecule has 3 rings (SSSR count). The Morgan fingerprint density at radius 1 is 1.22 bits per heavy atom. The zero-order chi connectivity index (χ0) is 23.3. The summed E-state index contributed by atoms with van der Waals surface area (Å²) in [5.74, 6) is -1.62. The van der Waals surface area contributed by atoms with Crippen LogP contribution in [0.25, 0.3) is 0 Å². The number of rotatable bonds is 6. The highest BCUT2D eigenvalue weighted by molar-refractivity contribution is 8.03. The third-order valence-corrected chi connectivity index (χ3v) is 6.04. The van der Waals surface area contributed by atoms with Gasteiger partial charge in [-0.25, -0.2) is 4.79 Å². The minimum atomic E-state index is -0.488. The summed E-state index contributed by atoms with van der Waals surface area (Å²) in [6.07, 6.45) is 0.0811. The van der Waals surface area contributed by atoms with E-state index in [9.17, 15) is 19.6 Å². The fraction of sp³-hybridized carbons (Fsp3) is 0.182. The molecule has 1 aliphatic heterocycles. The van der Waals surface area contributed by atoms with Gasteiger partial charge in [0.15, 0.2) is 0 Å². The number of carbonyl (C=O) groups excluding carboxylic acids is 3. The van der Waals surface area contributed by atoms with Crippen LogP contribution in [0.1, 0.15) is 28.3 Å². The highest BCUT2D eigenvalue weighted by Gasteiger charge is 2.30. The number of allylic oxidation sites excluding steroid dienone is 1. The van der Waals surface area contributed by atoms with Crippen molar-refractivity contribution >= 4 is 58.4 Å². The molecule has 1 atom stereocenters. The maximum Gasteiger partial charge on any atom is 0.337 e. The summed E-state index contributed by atoms with van der Waals surface area (Å²) < 4.78 is 4.69. The van der Waals surface area contributed by atoms with Gasteiger partial charge in [0, 0.05) is 28.1 Å². The van der Waals surface area contributed by atoms with Gasteiger partial charge >= 0.3 is 5.97 Å². The van der Waals surface area contributed by atoms with Crippen molar-refractivity contribution < 1.29 is 19.1 Å². The first-order valence-electron chi connectivity index (χ1n) is 9.32. The van der Waals surface area contributed by atoms with Crippen LogP contribution in [-0.4, -0.2) is 30.6 Å². The molecule has 0 bridgehead atoms. The molecule has 0 fully saturated rings. The van der Waals surface area contributed by atoms with Crippen LogP contribution in [0.3, 0.4) is 0 Å². The molecule has 1 heterocycles. The van der Waals surface area contributed by atoms with Gasteiger partial charge in [0.2, 0.25) is 11.8 Å². The fourth-order valence-electron chi connectivity index (χ4n) is 3.15. The number of methoxy groups -OCH3 is 1. The Bertz CT molecular complexity index is 1120. The van der Waals surface area contributed by atoms with Gasteiger partial charge in [-0.05, 0) is 35.9 Å². The van der Waals surface area contributed by atoms with Crippen molar-refractivity contribution in [3.63, 3.8) is 0 Å². The molecule has 0 saturated heterocycles. The minimum Gasteiger partial charge on any atom is -0.465 e. The van der Waals surface area contributed by atoms with Gasteiger partial charge in [0.25, 0.3) is 0 Å². The van der Waals surface area contributed by atoms with Crippen molar-refractivity contribution in [3.8, 4) is 6.07 Å². The summed E-state index contributed by atoms with van der Waals surface area (Å²) in [7, 11) is 1.29. The lowest BCUT2D eigenvalue weighted by Gasteiger charge is -2.25. The maximum atomic E-state index is 12.4. The Labute approximate surface area is 198 Å². The van der Waals surface area contributed by atoms with Gasteiger partial charge < -0.3 is 15.4 Å². The lowest BCUT2D eigenvalue weighted by atomic mass is 9.87. The second-order valence-electron chi connectivity index (χ2n) is 6.77. The molecule has 0 saturated carbocycles. The largest absolute Gasteiger partial charge is 0.465 e. The monoisotopic (exact) mass is 489 g/mol. The second-order valence-corrected chi connectivity index (χ2v) is 8.63. The Morgan fingerprint density at radius 2 is 1.88 bits per heavy atom. The molecule has 2 amide bonds. The van der Waals surface area contributed by atoms with Crippen molar-refractivity contribution in [2.24, 2.45) is 0 Å². The topological polar surface area (TPSA) is 108 Å². The quantitative estimate of drug-likeness (QED) is 0.578. The molecule has 7 nitrogen and oxygen atoms in total. The number of amides is 2. The Morgan fingerprint density at radius 3 is 2.47 bits per heavy atom. The third kappa shape index (κ3) is 5.82. The van der Waals surface area contributed by atoms with Crippen molar-refractivity contribution in [1.29, 1.82) is 5.26 Å². The predicted octanol–water partition coefficient (Wildman–Crippen LogP) is 4.49. The highest BCUT2D eigenvalue weighted by atomic mass is 35.5. The van der Waals surface area contributed by atoms with Crippen molar-refractivity contribution in [3.05, 3.63) is 74.2 Å². The van der Waals surface area contributed by atoms with E-state index in [1.54, 1.807) is 42.5 Å². The highest BCUT2D eigenvalue weighted by Crippen LogP contribution is 2.36. The third-order valence-electron chi connectivity index (χ3n) is 4.58. The van der Waals surface area contributed by atoms with Crippen LogP contribution in [0.2, 0.25) is 10.0 Å². The fourth-order valence-corrected chi connectivity index (χ4v) is 4.55. The summed E-state index contributed by atoms with van der Waals surface area (Å²) in [5.41, 5.74) is 1.87. The average molecular weight is 490 g/mol. The van der Waals surface area contributed by atoms with E-state index in [0.717, 1.165) is 11.8 Å². The van der Waals surface area contributed by atoms with E-state index in [-0.39, 0.29) is 24.0 Å². The zero-order valence-corrected chi connectivity index (χ0v) is 19.1. The molecule has 1 aliphatic rings. The number of nitrogens with one attached hydrogen (secondary N) is 2. The summed E-state index contributed by atoms with van der Waals surface area (Å²) in [5, 5.41) is 16.2. The standard InChI is InChI=1S/C22H17Cl2N3O4S/c1-31-22(30)13-4-2-12(3-5-13)17-9-19(28)27-21(18(17)10-25)32-11-20(29)26-16-7-14(23)6-15(24)8-16/h2-8,17H,9,11H2,1H3,(H,26,29)(H,27,28)/t17-/m1/s1. The van der Waals surface area contributed by atoms with Gasteiger partial charge in [0.1, 0.15) is 0 Å². The molecule has 2 aromatic carbocycles. The maximum absolute atomic E-state index is 12.4. The molecular formula is C22H17Cl2N3O4S. The van der Waals surface area contributed by atoms with E-state index in [1.165, 1.54) is 7.11 Å². The first-order valence-corrected chi connectivity index (χ1v) is 11.1. The van der Waals surface area contributed by atoms with E-state index < -0.39 is 11.9 Å². The smallest absolute Gasteiger partial charge is 0.337 e. The molecule has 32 heavy (non-hydrogen) atoms. The summed E-state index contributed by atoms with van der Waals surface area (Å²) in [4.78, 5) is 36.3. The SMILES string of the molecule is COC(=O)c1ccc([C@H]2CC(=O)NC(SCC(=O)Nc3cc(Cl)cc(Cl)c3)=C2C#N)cc1. The lowest BCUT2D eigenvalue weighted by molar-refractivity contribution is -0.121. The van der Waals surface area contributed by atoms with Crippen LogP contribution in [0.15, 0.2) is 53.1 Å². The molecule has 0 aromatic heterocycles. The van der Waals surface area contributed by atoms with Crippen molar-refractivity contribution in [2.75, 3.05) is 18.2 Å². The number of halogens is 2. The summed E-state index contributed by atoms with van der Waals surface area (Å²) >= 11 is 12.9. The van der Waals surface area contributed by atoms with Crippen molar-refractivity contribution in [2.45, 2.75) is 12.3 Å². The van der Waals surface area contributed by atoms with Gasteiger partial charge in [-0.3, -0.25) is 9.59 Å². The first kappa shape index (κ1) is 23.7. The Hall–Kier alpha value is -2.99. The molecule has 10 heteroatoms. The van der Waals surface area contributed by atoms with Gasteiger partial charge in [-0.1, -0.05) is 47.1 Å². The predicted molar refractivity (Wildman–Crippen MR) is 123 cm³/mol. The first-order chi connectivity index (χ1) is 15.3. The molecule has 0 aliphatic carbocycles. The van der Waals surface area contributed by atoms with Gasteiger partial charge in [0.05, 0.1) is 35.1 Å². The zero-order valence-electron chi connectivity index (χ0n) is 16.8. The van der Waals surface area contributed by atoms with Crippen LogP contribution >= 0.6 is 35.0 Å². The Balaban J connectivity index is 1.76. The molecular weight excluding hydrogens is 473 g/mol. The number of nitrogens with zero attached hydrogens (tertiary/aromatic N) is 1. The lowest BCUT2D eigenvalue weighted by Crippen LogP contribution is -2.31. The molecule has 0 unspecified atom stereocenters. The normalized spacial score (nSPS) is 15.6. The molecule has 2 N–H and O–H groups in total. The van der Waals surface area contributed by atoms with E-state index >= 15 is 0 Å². The van der Waals surface area contributed by atoms with Gasteiger partial charge in [-0.15, -0.1) is 0 Å². The molecule has 0 spiro atoms. The number of ether oxygens (including phenoxy) is 1. The number of benzene rings is 2. The van der Waals surface area contributed by atoms with Crippen LogP contribution in [-0.2, 0) is 14.3 Å². The second kappa shape index (κ2) is 10.6. The number of hydrogen-bond acceptors (Lipinski definition) is 6. The Kier molecular flexibility index (Phi) is 7.80. The number of hydrogen-bond donors (Lipinski definition) is 2. The summed E-state index contributed by atoms with van der Waals surface area (Å²) in [6, 6.07) is 13.4. The van der Waals surface area contributed by atoms with E-state index in [4.69, 9.17) is 23.2 Å². The van der Waals surface area contributed by atoms with Crippen LogP contribution in [0.5, 0.6) is 0 Å².